The molecule has 1 aliphatic carbocycles. The SMILES string of the molecule is CN(C)S(=O)(=O)c1ccc(-c2ccc(NC(=O)C3(c4ccc5c(c4)OCO5)CC3)cc2C(F)(F)F)cc1. The van der Waals surface area contributed by atoms with Crippen molar-refractivity contribution in [2.75, 3.05) is 26.2 Å². The molecule has 0 radical (unpaired) electrons. The summed E-state index contributed by atoms with van der Waals surface area (Å²) in [5.41, 5.74) is -0.986. The molecule has 3 aromatic carbocycles. The predicted octanol–water partition coefficient (Wildman–Crippen LogP) is 5.02. The van der Waals surface area contributed by atoms with Crippen LogP contribution in [0.3, 0.4) is 0 Å². The Morgan fingerprint density at radius 1 is 0.946 bits per heavy atom. The molecule has 1 N–H and O–H groups in total. The van der Waals surface area contributed by atoms with Crippen LogP contribution in [0, 0.1) is 0 Å². The zero-order valence-corrected chi connectivity index (χ0v) is 20.7. The van der Waals surface area contributed by atoms with Crippen molar-refractivity contribution in [3.05, 3.63) is 71.8 Å². The fourth-order valence-electron chi connectivity index (χ4n) is 4.34. The molecule has 1 amide bonds. The quantitative estimate of drug-likeness (QED) is 0.482. The van der Waals surface area contributed by atoms with Crippen molar-refractivity contribution in [2.24, 2.45) is 0 Å². The molecule has 0 saturated heterocycles. The zero-order valence-electron chi connectivity index (χ0n) is 19.9. The number of amides is 1. The lowest BCUT2D eigenvalue weighted by Crippen LogP contribution is -2.28. The van der Waals surface area contributed by atoms with E-state index in [1.807, 2.05) is 0 Å². The first-order chi connectivity index (χ1) is 17.4. The molecule has 0 unspecified atom stereocenters. The lowest BCUT2D eigenvalue weighted by atomic mass is 9.94. The summed E-state index contributed by atoms with van der Waals surface area (Å²) in [5, 5.41) is 2.65. The Kier molecular flexibility index (Phi) is 5.95. The van der Waals surface area contributed by atoms with Gasteiger partial charge in [0, 0.05) is 19.8 Å². The number of hydrogen-bond acceptors (Lipinski definition) is 5. The minimum atomic E-state index is -4.71. The van der Waals surface area contributed by atoms with E-state index in [0.29, 0.717) is 24.3 Å². The third kappa shape index (κ3) is 4.53. The van der Waals surface area contributed by atoms with E-state index in [-0.39, 0.29) is 28.5 Å². The monoisotopic (exact) mass is 532 g/mol. The van der Waals surface area contributed by atoms with E-state index in [4.69, 9.17) is 9.47 Å². The highest BCUT2D eigenvalue weighted by molar-refractivity contribution is 7.89. The van der Waals surface area contributed by atoms with Crippen molar-refractivity contribution in [3.8, 4) is 22.6 Å². The van der Waals surface area contributed by atoms with Gasteiger partial charge in [0.2, 0.25) is 22.7 Å². The van der Waals surface area contributed by atoms with Crippen LogP contribution in [0.1, 0.15) is 24.0 Å². The van der Waals surface area contributed by atoms with Crippen LogP contribution in [0.5, 0.6) is 11.5 Å². The number of ether oxygens (including phenoxy) is 2. The second kappa shape index (κ2) is 8.77. The highest BCUT2D eigenvalue weighted by Crippen LogP contribution is 2.51. The molecular weight excluding hydrogens is 509 g/mol. The second-order valence-corrected chi connectivity index (χ2v) is 11.3. The lowest BCUT2D eigenvalue weighted by molar-refractivity contribution is -0.137. The molecule has 11 heteroatoms. The number of nitrogens with one attached hydrogen (secondary N) is 1. The average molecular weight is 533 g/mol. The summed E-state index contributed by atoms with van der Waals surface area (Å²) in [5.74, 6) is 0.716. The molecule has 5 rings (SSSR count). The standard InChI is InChI=1S/C26H23F3N2O5S/c1-31(2)37(33,34)19-7-3-16(4-8-19)20-9-6-18(14-21(20)26(27,28)29)30-24(32)25(11-12-25)17-5-10-22-23(13-17)36-15-35-22/h3-10,13-14H,11-12,15H2,1-2H3,(H,30,32). The van der Waals surface area contributed by atoms with Gasteiger partial charge in [0.1, 0.15) is 0 Å². The number of anilines is 1. The van der Waals surface area contributed by atoms with Crippen LogP contribution < -0.4 is 14.8 Å². The maximum atomic E-state index is 14.0. The second-order valence-electron chi connectivity index (χ2n) is 9.17. The molecule has 194 valence electrons. The smallest absolute Gasteiger partial charge is 0.417 e. The molecule has 7 nitrogen and oxygen atoms in total. The summed E-state index contributed by atoms with van der Waals surface area (Å²) in [6, 6.07) is 14.0. The normalized spacial score (nSPS) is 16.1. The molecule has 0 aromatic heterocycles. The van der Waals surface area contributed by atoms with Gasteiger partial charge in [0.25, 0.3) is 0 Å². The minimum Gasteiger partial charge on any atom is -0.454 e. The van der Waals surface area contributed by atoms with E-state index in [2.05, 4.69) is 5.32 Å². The van der Waals surface area contributed by atoms with Gasteiger partial charge in [-0.15, -0.1) is 0 Å². The molecule has 1 aliphatic heterocycles. The summed E-state index contributed by atoms with van der Waals surface area (Å²) in [6.07, 6.45) is -3.59. The third-order valence-corrected chi connectivity index (χ3v) is 8.47. The Morgan fingerprint density at radius 2 is 1.62 bits per heavy atom. The number of carbonyl (C=O) groups is 1. The van der Waals surface area contributed by atoms with Gasteiger partial charge in [-0.25, -0.2) is 12.7 Å². The molecule has 0 spiro atoms. The molecule has 2 aliphatic rings. The van der Waals surface area contributed by atoms with E-state index >= 15 is 0 Å². The van der Waals surface area contributed by atoms with E-state index < -0.39 is 33.1 Å². The van der Waals surface area contributed by atoms with E-state index in [1.165, 1.54) is 50.5 Å². The largest absolute Gasteiger partial charge is 0.454 e. The average Bonchev–Trinajstić information content (AvgIpc) is 3.54. The number of rotatable bonds is 6. The topological polar surface area (TPSA) is 84.9 Å². The number of nitrogens with zero attached hydrogens (tertiary/aromatic N) is 1. The Balaban J connectivity index is 1.43. The number of alkyl halides is 3. The number of halogens is 3. The van der Waals surface area contributed by atoms with Crippen LogP contribution in [-0.4, -0.2) is 39.5 Å². The van der Waals surface area contributed by atoms with Crippen LogP contribution in [0.4, 0.5) is 18.9 Å². The molecule has 3 aromatic rings. The molecule has 0 bridgehead atoms. The summed E-state index contributed by atoms with van der Waals surface area (Å²) in [6.45, 7) is 0.0960. The van der Waals surface area contributed by atoms with Crippen LogP contribution in [0.2, 0.25) is 0 Å². The van der Waals surface area contributed by atoms with Gasteiger partial charge in [-0.1, -0.05) is 24.3 Å². The predicted molar refractivity (Wildman–Crippen MR) is 130 cm³/mol. The molecular formula is C26H23F3N2O5S. The molecule has 1 heterocycles. The molecule has 37 heavy (non-hydrogen) atoms. The minimum absolute atomic E-state index is 0.0138. The van der Waals surface area contributed by atoms with Crippen molar-refractivity contribution in [1.29, 1.82) is 0 Å². The van der Waals surface area contributed by atoms with Crippen LogP contribution in [0.15, 0.2) is 65.6 Å². The van der Waals surface area contributed by atoms with Crippen molar-refractivity contribution < 1.29 is 35.9 Å². The molecule has 1 saturated carbocycles. The Hall–Kier alpha value is -3.57. The van der Waals surface area contributed by atoms with Gasteiger partial charge in [0.15, 0.2) is 11.5 Å². The van der Waals surface area contributed by atoms with Crippen molar-refractivity contribution >= 4 is 21.6 Å². The fraction of sp³-hybridized carbons (Fsp3) is 0.269. The highest BCUT2D eigenvalue weighted by Gasteiger charge is 2.51. The number of carbonyl (C=O) groups excluding carboxylic acids is 1. The van der Waals surface area contributed by atoms with Gasteiger partial charge in [-0.3, -0.25) is 4.79 Å². The van der Waals surface area contributed by atoms with Gasteiger partial charge >= 0.3 is 6.18 Å². The number of benzene rings is 3. The third-order valence-electron chi connectivity index (χ3n) is 6.64. The van der Waals surface area contributed by atoms with E-state index in [0.717, 1.165) is 15.9 Å². The van der Waals surface area contributed by atoms with Gasteiger partial charge in [-0.05, 0) is 65.9 Å². The number of hydrogen-bond donors (Lipinski definition) is 1. The first-order valence-corrected chi connectivity index (χ1v) is 12.8. The summed E-state index contributed by atoms with van der Waals surface area (Å²) < 4.78 is 78.4. The maximum absolute atomic E-state index is 14.0. The van der Waals surface area contributed by atoms with E-state index in [1.54, 1.807) is 18.2 Å². The van der Waals surface area contributed by atoms with E-state index in [9.17, 15) is 26.4 Å². The van der Waals surface area contributed by atoms with Crippen molar-refractivity contribution in [1.82, 2.24) is 4.31 Å². The molecule has 1 fully saturated rings. The maximum Gasteiger partial charge on any atom is 0.417 e. The van der Waals surface area contributed by atoms with Crippen LogP contribution in [-0.2, 0) is 26.4 Å². The summed E-state index contributed by atoms with van der Waals surface area (Å²) in [4.78, 5) is 13.1. The Morgan fingerprint density at radius 3 is 2.24 bits per heavy atom. The zero-order chi connectivity index (χ0) is 26.6. The van der Waals surface area contributed by atoms with Gasteiger partial charge in [0.05, 0.1) is 15.9 Å². The highest BCUT2D eigenvalue weighted by atomic mass is 32.2. The molecule has 0 atom stereocenters. The fourth-order valence-corrected chi connectivity index (χ4v) is 5.24. The summed E-state index contributed by atoms with van der Waals surface area (Å²) in [7, 11) is -0.978. The number of fused-ring (bicyclic) bond motifs is 1. The lowest BCUT2D eigenvalue weighted by Gasteiger charge is -2.19. The Labute approximate surface area is 211 Å². The first-order valence-electron chi connectivity index (χ1n) is 11.4. The van der Waals surface area contributed by atoms with Crippen LogP contribution in [0.25, 0.3) is 11.1 Å². The Bertz CT molecular complexity index is 1480. The van der Waals surface area contributed by atoms with Crippen LogP contribution >= 0.6 is 0 Å². The first kappa shape index (κ1) is 25.1. The van der Waals surface area contributed by atoms with Gasteiger partial charge in [-0.2, -0.15) is 13.2 Å². The summed E-state index contributed by atoms with van der Waals surface area (Å²) >= 11 is 0. The van der Waals surface area contributed by atoms with Crippen molar-refractivity contribution in [3.63, 3.8) is 0 Å². The number of sulfonamides is 1. The van der Waals surface area contributed by atoms with Crippen molar-refractivity contribution in [2.45, 2.75) is 29.3 Å². The van der Waals surface area contributed by atoms with Gasteiger partial charge < -0.3 is 14.8 Å².